The molecule has 1 fully saturated rings. The average Bonchev–Trinajstić information content (AvgIpc) is 2.84. The molecule has 0 unspecified atom stereocenters. The molecule has 1 aromatic rings. The smallest absolute Gasteiger partial charge is 0.545 e. The van der Waals surface area contributed by atoms with Crippen LogP contribution in [0.5, 0.6) is 5.75 Å². The van der Waals surface area contributed by atoms with Gasteiger partial charge in [0.2, 0.25) is 0 Å². The van der Waals surface area contributed by atoms with Crippen molar-refractivity contribution in [1.29, 1.82) is 0 Å². The van der Waals surface area contributed by atoms with Crippen LogP contribution in [0.2, 0.25) is 0 Å². The molecule has 3 rings (SSSR count). The second kappa shape index (κ2) is 6.34. The van der Waals surface area contributed by atoms with E-state index in [2.05, 4.69) is 22.9 Å². The first-order chi connectivity index (χ1) is 10.2. The van der Waals surface area contributed by atoms with Crippen molar-refractivity contribution in [2.75, 3.05) is 0 Å². The van der Waals surface area contributed by atoms with E-state index in [1.807, 2.05) is 13.8 Å². The van der Waals surface area contributed by atoms with Crippen molar-refractivity contribution in [3.05, 3.63) is 27.7 Å². The van der Waals surface area contributed by atoms with Crippen LogP contribution in [-0.4, -0.2) is 22.8 Å². The van der Waals surface area contributed by atoms with Gasteiger partial charge in [-0.1, -0.05) is 20.8 Å². The van der Waals surface area contributed by atoms with Crippen molar-refractivity contribution in [1.82, 2.24) is 0 Å². The van der Waals surface area contributed by atoms with E-state index in [4.69, 9.17) is 4.74 Å². The van der Waals surface area contributed by atoms with E-state index in [1.54, 1.807) is 6.07 Å². The number of carboxylic acid groups (broad SMARTS) is 1. The van der Waals surface area contributed by atoms with Crippen LogP contribution in [-0.2, 0) is 6.42 Å². The summed E-state index contributed by atoms with van der Waals surface area (Å²) in [5.74, 6) is -0.226. The van der Waals surface area contributed by atoms with Gasteiger partial charge in [-0.05, 0) is 57.9 Å². The summed E-state index contributed by atoms with van der Waals surface area (Å²) in [5.41, 5.74) is 0.0841. The van der Waals surface area contributed by atoms with Gasteiger partial charge in [-0.3, -0.25) is 0 Å². The number of carbonyl (C=O) groups excluding carboxylic acids is 1. The van der Waals surface area contributed by atoms with E-state index in [9.17, 15) is 15.0 Å². The Hall–Kier alpha value is -0.0700. The summed E-state index contributed by atoms with van der Waals surface area (Å²) in [5, 5.41) is 21.6. The van der Waals surface area contributed by atoms with E-state index in [1.165, 1.54) is 6.07 Å². The summed E-state index contributed by atoms with van der Waals surface area (Å²) in [6, 6.07) is 3.15. The number of halogens is 1. The summed E-state index contributed by atoms with van der Waals surface area (Å²) in [7, 11) is 0. The molecule has 0 radical (unpaired) electrons. The molecule has 1 N–H and O–H groups in total. The molecule has 0 saturated heterocycles. The van der Waals surface area contributed by atoms with Crippen molar-refractivity contribution >= 4 is 21.9 Å². The fourth-order valence-corrected chi connectivity index (χ4v) is 4.65. The molecule has 1 aliphatic carbocycles. The van der Waals surface area contributed by atoms with Gasteiger partial charge in [0.1, 0.15) is 11.4 Å². The molecule has 0 aromatic heterocycles. The summed E-state index contributed by atoms with van der Waals surface area (Å²) in [6.07, 6.45) is 1.83. The summed E-state index contributed by atoms with van der Waals surface area (Å²) >= 11 is 3.41. The maximum atomic E-state index is 11.2. The predicted molar refractivity (Wildman–Crippen MR) is 83.7 cm³/mol. The van der Waals surface area contributed by atoms with E-state index in [0.717, 1.165) is 18.4 Å². The minimum Gasteiger partial charge on any atom is -0.545 e. The van der Waals surface area contributed by atoms with Crippen LogP contribution in [0, 0.1) is 11.3 Å². The number of aromatic carboxylic acids is 1. The normalized spacial score (nSPS) is 31.2. The van der Waals surface area contributed by atoms with E-state index in [-0.39, 0.29) is 41.0 Å². The fraction of sp³-hybridized carbons (Fsp3) is 0.588. The van der Waals surface area contributed by atoms with Crippen LogP contribution in [0.1, 0.15) is 49.5 Å². The van der Waals surface area contributed by atoms with Gasteiger partial charge in [0.25, 0.3) is 0 Å². The van der Waals surface area contributed by atoms with E-state index in [0.29, 0.717) is 16.6 Å². The number of hydrogen-bond donors (Lipinski definition) is 1. The second-order valence-corrected chi connectivity index (χ2v) is 7.97. The largest absolute Gasteiger partial charge is 1.00 e. The molecule has 1 aromatic carbocycles. The first-order valence-corrected chi connectivity index (χ1v) is 8.39. The number of ether oxygens (including phenoxy) is 1. The molecule has 2 aliphatic rings. The first kappa shape index (κ1) is 19.3. The molecule has 4 nitrogen and oxygen atoms in total. The van der Waals surface area contributed by atoms with Crippen molar-refractivity contribution < 1.29 is 49.3 Å². The molecule has 1 spiro atoms. The number of carboxylic acids is 1. The number of carbonyl (C=O) groups is 1. The zero-order valence-corrected chi connectivity index (χ0v) is 17.6. The number of aliphatic hydroxyl groups is 1. The quantitative estimate of drug-likeness (QED) is 0.644. The maximum absolute atomic E-state index is 11.2. The minimum absolute atomic E-state index is 0. The van der Waals surface area contributed by atoms with Crippen LogP contribution >= 0.6 is 15.9 Å². The van der Waals surface area contributed by atoms with Gasteiger partial charge in [0.15, 0.2) is 0 Å². The van der Waals surface area contributed by atoms with Crippen LogP contribution < -0.4 is 39.4 Å². The zero-order valence-electron chi connectivity index (χ0n) is 14.0. The number of hydrogen-bond acceptors (Lipinski definition) is 4. The second-order valence-electron chi connectivity index (χ2n) is 7.12. The van der Waals surface area contributed by atoms with Gasteiger partial charge < -0.3 is 19.7 Å². The zero-order chi connectivity index (χ0) is 16.3. The molecule has 120 valence electrons. The Balaban J connectivity index is 0.00000192. The number of aliphatic hydroxyl groups excluding tert-OH is 1. The number of fused-ring (bicyclic) bond motifs is 1. The van der Waals surface area contributed by atoms with Gasteiger partial charge in [0.05, 0.1) is 16.5 Å². The van der Waals surface area contributed by atoms with Crippen molar-refractivity contribution in [3.8, 4) is 5.75 Å². The Bertz CT molecular complexity index is 646. The molecular formula is C17H20BrNaO4. The first-order valence-electron chi connectivity index (χ1n) is 7.60. The molecule has 1 aliphatic heterocycles. The minimum atomic E-state index is -1.19. The molecule has 0 amide bonds. The monoisotopic (exact) mass is 390 g/mol. The summed E-state index contributed by atoms with van der Waals surface area (Å²) in [6.45, 7) is 6.21. The molecule has 1 heterocycles. The average molecular weight is 391 g/mol. The van der Waals surface area contributed by atoms with Gasteiger partial charge in [-0.2, -0.15) is 0 Å². The van der Waals surface area contributed by atoms with Crippen LogP contribution in [0.4, 0.5) is 0 Å². The molecular weight excluding hydrogens is 371 g/mol. The molecule has 23 heavy (non-hydrogen) atoms. The summed E-state index contributed by atoms with van der Waals surface area (Å²) in [4.78, 5) is 11.2. The Labute approximate surface area is 167 Å². The molecule has 0 bridgehead atoms. The maximum Gasteiger partial charge on any atom is 1.00 e. The van der Waals surface area contributed by atoms with Crippen molar-refractivity contribution in [2.45, 2.75) is 51.7 Å². The third-order valence-corrected chi connectivity index (χ3v) is 6.28. The topological polar surface area (TPSA) is 69.6 Å². The van der Waals surface area contributed by atoms with Crippen molar-refractivity contribution in [2.24, 2.45) is 11.3 Å². The van der Waals surface area contributed by atoms with Gasteiger partial charge in [-0.25, -0.2) is 0 Å². The molecule has 3 atom stereocenters. The third kappa shape index (κ3) is 2.78. The van der Waals surface area contributed by atoms with Gasteiger partial charge in [0, 0.05) is 11.8 Å². The standard InChI is InChI=1S/C17H21BrO4.Na/c1-9-4-5-13(19)16(2,3)17(9)8-11-6-10(15(20)21)7-12(18)14(11)22-17;/h6-7,9,13,19H,4-5,8H2,1-3H3,(H,20,21);/q;+1/p-1/t9-,13+,17+;/m0./s1. The Morgan fingerprint density at radius 3 is 2.65 bits per heavy atom. The molecule has 1 saturated carbocycles. The van der Waals surface area contributed by atoms with Crippen LogP contribution in [0.15, 0.2) is 16.6 Å². The predicted octanol–water partition coefficient (Wildman–Crippen LogP) is -0.693. The third-order valence-electron chi connectivity index (χ3n) is 5.69. The van der Waals surface area contributed by atoms with Crippen LogP contribution in [0.25, 0.3) is 0 Å². The number of benzene rings is 1. The van der Waals surface area contributed by atoms with E-state index >= 15 is 0 Å². The Morgan fingerprint density at radius 1 is 1.39 bits per heavy atom. The Morgan fingerprint density at radius 2 is 2.04 bits per heavy atom. The van der Waals surface area contributed by atoms with Gasteiger partial charge in [-0.15, -0.1) is 0 Å². The summed E-state index contributed by atoms with van der Waals surface area (Å²) < 4.78 is 7.01. The number of rotatable bonds is 1. The van der Waals surface area contributed by atoms with E-state index < -0.39 is 23.1 Å². The van der Waals surface area contributed by atoms with Crippen LogP contribution in [0.3, 0.4) is 0 Å². The fourth-order valence-electron chi connectivity index (χ4n) is 4.07. The van der Waals surface area contributed by atoms with Crippen molar-refractivity contribution in [3.63, 3.8) is 0 Å². The SMILES string of the molecule is C[C@H]1CC[C@@H](O)C(C)(C)[C@@]12Cc1cc(C(=O)[O-])cc(Br)c1O2.[Na+]. The molecule has 6 heteroatoms. The Kier molecular flexibility index (Phi) is 5.31. The van der Waals surface area contributed by atoms with Gasteiger partial charge >= 0.3 is 29.6 Å².